The summed E-state index contributed by atoms with van der Waals surface area (Å²) in [6.45, 7) is 1.05. The van der Waals surface area contributed by atoms with Gasteiger partial charge in [0, 0.05) is 26.1 Å². The molecule has 1 aliphatic rings. The topological polar surface area (TPSA) is 49.4 Å². The van der Waals surface area contributed by atoms with E-state index in [2.05, 4.69) is 0 Å². The molecule has 17 heavy (non-hydrogen) atoms. The van der Waals surface area contributed by atoms with Crippen molar-refractivity contribution in [2.75, 3.05) is 19.6 Å². The molecule has 0 aromatic rings. The Balaban J connectivity index is 2.22. The zero-order valence-electron chi connectivity index (χ0n) is 9.35. The van der Waals surface area contributed by atoms with E-state index in [0.29, 0.717) is 13.1 Å². The molecule has 1 saturated heterocycles. The Kier molecular flexibility index (Phi) is 4.77. The van der Waals surface area contributed by atoms with Gasteiger partial charge >= 0.3 is 12.1 Å². The number of hydrogen-bond acceptors (Lipinski definition) is 2. The van der Waals surface area contributed by atoms with E-state index in [1.54, 1.807) is 10.2 Å². The van der Waals surface area contributed by atoms with E-state index < -0.39 is 12.1 Å². The summed E-state index contributed by atoms with van der Waals surface area (Å²) in [6.07, 6.45) is -2.02. The molecule has 0 bridgehead atoms. The highest BCUT2D eigenvalue weighted by molar-refractivity contribution is 5.82. The van der Waals surface area contributed by atoms with Crippen molar-refractivity contribution < 1.29 is 22.8 Å². The van der Waals surface area contributed by atoms with Crippen LogP contribution in [0.2, 0.25) is 0 Å². The van der Waals surface area contributed by atoms with E-state index in [0.717, 1.165) is 19.3 Å². The summed E-state index contributed by atoms with van der Waals surface area (Å²) in [6, 6.07) is 0. The minimum absolute atomic E-state index is 0.0815. The predicted molar refractivity (Wildman–Crippen MR) is 54.1 cm³/mol. The average Bonchev–Trinajstić information content (AvgIpc) is 2.28. The molecule has 2 amide bonds. The number of nitrogens with zero attached hydrogens (tertiary/aromatic N) is 1. The predicted octanol–water partition coefficient (Wildman–Crippen LogP) is 1.07. The Hall–Kier alpha value is -1.27. The van der Waals surface area contributed by atoms with E-state index in [1.807, 2.05) is 0 Å². The molecule has 1 N–H and O–H groups in total. The van der Waals surface area contributed by atoms with Crippen LogP contribution in [0, 0.1) is 0 Å². The molecule has 7 heteroatoms. The van der Waals surface area contributed by atoms with Crippen molar-refractivity contribution in [3.05, 3.63) is 0 Å². The highest BCUT2D eigenvalue weighted by Crippen LogP contribution is 2.14. The Morgan fingerprint density at radius 3 is 2.24 bits per heavy atom. The summed E-state index contributed by atoms with van der Waals surface area (Å²) in [4.78, 5) is 23.6. The molecular weight excluding hydrogens is 237 g/mol. The first kappa shape index (κ1) is 13.8. The van der Waals surface area contributed by atoms with Crippen LogP contribution < -0.4 is 5.32 Å². The fourth-order valence-electron chi connectivity index (χ4n) is 1.68. The van der Waals surface area contributed by atoms with Gasteiger partial charge in [-0.25, -0.2) is 0 Å². The number of piperidine rings is 1. The van der Waals surface area contributed by atoms with Crippen LogP contribution in [-0.4, -0.2) is 42.5 Å². The summed E-state index contributed by atoms with van der Waals surface area (Å²) in [7, 11) is 0. The second-order valence-corrected chi connectivity index (χ2v) is 3.95. The van der Waals surface area contributed by atoms with Crippen molar-refractivity contribution in [3.8, 4) is 0 Å². The van der Waals surface area contributed by atoms with Gasteiger partial charge < -0.3 is 10.2 Å². The van der Waals surface area contributed by atoms with Crippen LogP contribution in [0.3, 0.4) is 0 Å². The highest BCUT2D eigenvalue weighted by Gasteiger charge is 2.38. The van der Waals surface area contributed by atoms with Gasteiger partial charge in [0.05, 0.1) is 0 Å². The van der Waals surface area contributed by atoms with Crippen molar-refractivity contribution in [2.45, 2.75) is 31.9 Å². The lowest BCUT2D eigenvalue weighted by molar-refractivity contribution is -0.173. The van der Waals surface area contributed by atoms with Gasteiger partial charge in [-0.05, 0) is 19.3 Å². The minimum Gasteiger partial charge on any atom is -0.348 e. The van der Waals surface area contributed by atoms with Crippen LogP contribution in [0.5, 0.6) is 0 Å². The van der Waals surface area contributed by atoms with E-state index in [9.17, 15) is 22.8 Å². The maximum absolute atomic E-state index is 11.8. The summed E-state index contributed by atoms with van der Waals surface area (Å²) >= 11 is 0. The Morgan fingerprint density at radius 1 is 1.12 bits per heavy atom. The third kappa shape index (κ3) is 4.62. The van der Waals surface area contributed by atoms with E-state index in [4.69, 9.17) is 0 Å². The number of alkyl halides is 3. The molecule has 1 heterocycles. The van der Waals surface area contributed by atoms with Crippen molar-refractivity contribution in [1.82, 2.24) is 10.2 Å². The zero-order valence-corrected chi connectivity index (χ0v) is 9.35. The largest absolute Gasteiger partial charge is 0.471 e. The molecule has 0 unspecified atom stereocenters. The molecule has 98 valence electrons. The second-order valence-electron chi connectivity index (χ2n) is 3.95. The van der Waals surface area contributed by atoms with Crippen LogP contribution in [0.1, 0.15) is 25.7 Å². The summed E-state index contributed by atoms with van der Waals surface area (Å²) in [5, 5.41) is 1.68. The lowest BCUT2D eigenvalue weighted by atomic mass is 10.1. The number of hydrogen-bond donors (Lipinski definition) is 1. The minimum atomic E-state index is -4.88. The van der Waals surface area contributed by atoms with E-state index in [-0.39, 0.29) is 18.9 Å². The molecule has 0 aromatic carbocycles. The number of likely N-dealkylation sites (tertiary alicyclic amines) is 1. The quantitative estimate of drug-likeness (QED) is 0.816. The van der Waals surface area contributed by atoms with Crippen molar-refractivity contribution in [3.63, 3.8) is 0 Å². The molecule has 0 radical (unpaired) electrons. The SMILES string of the molecule is O=C(CCNC(=O)C(F)(F)F)N1CCCCC1. The first-order valence-corrected chi connectivity index (χ1v) is 5.54. The first-order chi connectivity index (χ1) is 7.91. The van der Waals surface area contributed by atoms with Crippen LogP contribution in [0.4, 0.5) is 13.2 Å². The summed E-state index contributed by atoms with van der Waals surface area (Å²) in [5.74, 6) is -2.20. The Labute approximate surface area is 97.1 Å². The van der Waals surface area contributed by atoms with E-state index >= 15 is 0 Å². The number of nitrogens with one attached hydrogen (secondary N) is 1. The first-order valence-electron chi connectivity index (χ1n) is 5.54. The van der Waals surface area contributed by atoms with Crippen LogP contribution in [-0.2, 0) is 9.59 Å². The van der Waals surface area contributed by atoms with Crippen LogP contribution >= 0.6 is 0 Å². The van der Waals surface area contributed by atoms with Gasteiger partial charge in [0.25, 0.3) is 0 Å². The maximum atomic E-state index is 11.8. The van der Waals surface area contributed by atoms with Crippen molar-refractivity contribution in [2.24, 2.45) is 0 Å². The maximum Gasteiger partial charge on any atom is 0.471 e. The summed E-state index contributed by atoms with van der Waals surface area (Å²) < 4.78 is 35.5. The molecule has 0 aromatic heterocycles. The third-order valence-electron chi connectivity index (χ3n) is 2.59. The number of rotatable bonds is 3. The smallest absolute Gasteiger partial charge is 0.348 e. The fraction of sp³-hybridized carbons (Fsp3) is 0.800. The van der Waals surface area contributed by atoms with Crippen LogP contribution in [0.15, 0.2) is 0 Å². The molecule has 4 nitrogen and oxygen atoms in total. The Bertz CT molecular complexity index is 286. The third-order valence-corrected chi connectivity index (χ3v) is 2.59. The van der Waals surface area contributed by atoms with Gasteiger partial charge in [-0.1, -0.05) is 0 Å². The molecule has 0 saturated carbocycles. The van der Waals surface area contributed by atoms with Gasteiger partial charge in [0.2, 0.25) is 5.91 Å². The molecule has 0 spiro atoms. The zero-order chi connectivity index (χ0) is 12.9. The average molecular weight is 252 g/mol. The number of halogens is 3. The molecule has 1 rings (SSSR count). The number of carbonyl (C=O) groups excluding carboxylic acids is 2. The standard InChI is InChI=1S/C10H15F3N2O2/c11-10(12,13)9(17)14-5-4-8(16)15-6-2-1-3-7-15/h1-7H2,(H,14,17). The van der Waals surface area contributed by atoms with Crippen LogP contribution in [0.25, 0.3) is 0 Å². The second kappa shape index (κ2) is 5.88. The normalized spacial score (nSPS) is 16.8. The fourth-order valence-corrected chi connectivity index (χ4v) is 1.68. The highest BCUT2D eigenvalue weighted by atomic mass is 19.4. The molecule has 1 fully saturated rings. The lowest BCUT2D eigenvalue weighted by Crippen LogP contribution is -2.40. The lowest BCUT2D eigenvalue weighted by Gasteiger charge is -2.26. The Morgan fingerprint density at radius 2 is 1.71 bits per heavy atom. The van der Waals surface area contributed by atoms with E-state index in [1.165, 1.54) is 0 Å². The van der Waals surface area contributed by atoms with Crippen molar-refractivity contribution in [1.29, 1.82) is 0 Å². The molecule has 1 aliphatic heterocycles. The van der Waals surface area contributed by atoms with Gasteiger partial charge in [-0.2, -0.15) is 13.2 Å². The number of amides is 2. The molecule has 0 aliphatic carbocycles. The number of carbonyl (C=O) groups is 2. The van der Waals surface area contributed by atoms with Gasteiger partial charge in [0.1, 0.15) is 0 Å². The molecule has 0 atom stereocenters. The van der Waals surface area contributed by atoms with Gasteiger partial charge in [-0.15, -0.1) is 0 Å². The van der Waals surface area contributed by atoms with Gasteiger partial charge in [-0.3, -0.25) is 9.59 Å². The monoisotopic (exact) mass is 252 g/mol. The van der Waals surface area contributed by atoms with Gasteiger partial charge in [0.15, 0.2) is 0 Å². The van der Waals surface area contributed by atoms with Crippen molar-refractivity contribution >= 4 is 11.8 Å². The summed E-state index contributed by atoms with van der Waals surface area (Å²) in [5.41, 5.74) is 0. The molecular formula is C10H15F3N2O2.